The molecular weight excluding hydrogens is 328 g/mol. The van der Waals surface area contributed by atoms with Gasteiger partial charge in [0.2, 0.25) is 5.13 Å². The van der Waals surface area contributed by atoms with Crippen LogP contribution in [0.3, 0.4) is 0 Å². The number of nitrogens with zero attached hydrogens (tertiary/aromatic N) is 2. The van der Waals surface area contributed by atoms with Gasteiger partial charge in [-0.15, -0.1) is 0 Å². The van der Waals surface area contributed by atoms with Crippen LogP contribution in [0.2, 0.25) is 5.02 Å². The molecule has 0 saturated heterocycles. The molecule has 23 heavy (non-hydrogen) atoms. The summed E-state index contributed by atoms with van der Waals surface area (Å²) in [5.41, 5.74) is 4.47. The Kier molecular flexibility index (Phi) is 3.63. The van der Waals surface area contributed by atoms with Gasteiger partial charge in [-0.2, -0.15) is 0 Å². The molecule has 0 atom stereocenters. The van der Waals surface area contributed by atoms with Crippen LogP contribution < -0.4 is 4.74 Å². The number of thiazole rings is 1. The van der Waals surface area contributed by atoms with Crippen LogP contribution in [0.1, 0.15) is 16.0 Å². The molecule has 0 unspecified atom stereocenters. The van der Waals surface area contributed by atoms with E-state index in [-0.39, 0.29) is 0 Å². The molecule has 0 fully saturated rings. The number of benzene rings is 2. The summed E-state index contributed by atoms with van der Waals surface area (Å²) in [5, 5.41) is 1.48. The molecule has 1 aliphatic carbocycles. The first-order valence-corrected chi connectivity index (χ1v) is 8.39. The molecule has 0 radical (unpaired) electrons. The number of rotatable bonds is 3. The van der Waals surface area contributed by atoms with Crippen molar-refractivity contribution in [1.82, 2.24) is 4.98 Å². The van der Waals surface area contributed by atoms with Crippen LogP contribution in [0.4, 0.5) is 5.13 Å². The first-order valence-electron chi connectivity index (χ1n) is 7.19. The molecule has 3 aromatic rings. The molecule has 0 amide bonds. The van der Waals surface area contributed by atoms with E-state index in [1.165, 1.54) is 16.0 Å². The predicted molar refractivity (Wildman–Crippen MR) is 95.6 cm³/mol. The quantitative estimate of drug-likeness (QED) is 0.485. The van der Waals surface area contributed by atoms with Gasteiger partial charge in [-0.25, -0.2) is 9.98 Å². The lowest BCUT2D eigenvalue weighted by Crippen LogP contribution is -1.86. The first-order chi connectivity index (χ1) is 11.2. The van der Waals surface area contributed by atoms with Crippen molar-refractivity contribution >= 4 is 34.3 Å². The molecule has 0 aliphatic heterocycles. The molecule has 0 spiro atoms. The van der Waals surface area contributed by atoms with Gasteiger partial charge < -0.3 is 4.74 Å². The third kappa shape index (κ3) is 2.76. The van der Waals surface area contributed by atoms with Gasteiger partial charge in [-0.1, -0.05) is 35.1 Å². The van der Waals surface area contributed by atoms with Crippen LogP contribution in [0.5, 0.6) is 5.75 Å². The van der Waals surface area contributed by atoms with Gasteiger partial charge in [-0.05, 0) is 41.5 Å². The summed E-state index contributed by atoms with van der Waals surface area (Å²) in [6.07, 6.45) is 2.70. The fourth-order valence-electron chi connectivity index (χ4n) is 2.69. The van der Waals surface area contributed by atoms with Crippen LogP contribution in [-0.4, -0.2) is 18.3 Å². The highest BCUT2D eigenvalue weighted by atomic mass is 35.5. The Labute approximate surface area is 143 Å². The smallest absolute Gasteiger partial charge is 0.209 e. The molecule has 1 aromatic heterocycles. The molecule has 1 aliphatic rings. The molecule has 2 aromatic carbocycles. The average molecular weight is 341 g/mol. The molecular formula is C18H13ClN2OS. The van der Waals surface area contributed by atoms with E-state index in [1.807, 2.05) is 30.3 Å². The largest absolute Gasteiger partial charge is 0.497 e. The van der Waals surface area contributed by atoms with Crippen molar-refractivity contribution in [1.29, 1.82) is 0 Å². The van der Waals surface area contributed by atoms with Gasteiger partial charge in [0.25, 0.3) is 0 Å². The minimum Gasteiger partial charge on any atom is -0.497 e. The van der Waals surface area contributed by atoms with Gasteiger partial charge in [0.15, 0.2) is 0 Å². The zero-order valence-electron chi connectivity index (χ0n) is 12.4. The van der Waals surface area contributed by atoms with E-state index in [9.17, 15) is 0 Å². The highest BCUT2D eigenvalue weighted by Crippen LogP contribution is 2.42. The van der Waals surface area contributed by atoms with E-state index in [0.717, 1.165) is 28.6 Å². The molecule has 5 heteroatoms. The number of aliphatic imine (C=N–C) groups is 1. The lowest BCUT2D eigenvalue weighted by atomic mass is 10.1. The van der Waals surface area contributed by atoms with Crippen LogP contribution in [0.15, 0.2) is 47.5 Å². The highest BCUT2D eigenvalue weighted by molar-refractivity contribution is 7.15. The lowest BCUT2D eigenvalue weighted by molar-refractivity contribution is 0.414. The van der Waals surface area contributed by atoms with Crippen molar-refractivity contribution in [3.63, 3.8) is 0 Å². The summed E-state index contributed by atoms with van der Waals surface area (Å²) in [6, 6.07) is 13.7. The van der Waals surface area contributed by atoms with Crippen molar-refractivity contribution < 1.29 is 4.74 Å². The molecule has 3 nitrogen and oxygen atoms in total. The normalized spacial score (nSPS) is 12.4. The van der Waals surface area contributed by atoms with Crippen LogP contribution in [0.25, 0.3) is 11.3 Å². The van der Waals surface area contributed by atoms with Crippen molar-refractivity contribution in [3.05, 3.63) is 63.5 Å². The maximum Gasteiger partial charge on any atom is 0.209 e. The van der Waals surface area contributed by atoms with E-state index >= 15 is 0 Å². The summed E-state index contributed by atoms with van der Waals surface area (Å²) in [5.74, 6) is 0.887. The average Bonchev–Trinajstić information content (AvgIpc) is 3.09. The Balaban J connectivity index is 1.63. The van der Waals surface area contributed by atoms with Crippen molar-refractivity contribution in [2.24, 2.45) is 4.99 Å². The number of ether oxygens (including phenoxy) is 1. The molecule has 0 bridgehead atoms. The summed E-state index contributed by atoms with van der Waals surface area (Å²) in [7, 11) is 1.69. The number of hydrogen-bond donors (Lipinski definition) is 0. The topological polar surface area (TPSA) is 34.5 Å². The third-order valence-electron chi connectivity index (χ3n) is 3.78. The minimum atomic E-state index is 0.707. The second-order valence-corrected chi connectivity index (χ2v) is 6.78. The monoisotopic (exact) mass is 340 g/mol. The zero-order chi connectivity index (χ0) is 15.8. The Hall–Kier alpha value is -2.17. The third-order valence-corrected chi connectivity index (χ3v) is 4.98. The predicted octanol–water partition coefficient (Wildman–Crippen LogP) is 5.13. The van der Waals surface area contributed by atoms with E-state index in [1.54, 1.807) is 24.7 Å². The molecule has 0 N–H and O–H groups in total. The SMILES string of the molecule is COc1ccc2c(c1)Cc1sc(/N=C\c3cccc(Cl)c3)nc1-2. The zero-order valence-corrected chi connectivity index (χ0v) is 14.0. The molecule has 4 rings (SSSR count). The summed E-state index contributed by atoms with van der Waals surface area (Å²) >= 11 is 7.62. The maximum atomic E-state index is 5.98. The van der Waals surface area contributed by atoms with Crippen molar-refractivity contribution in [2.45, 2.75) is 6.42 Å². The van der Waals surface area contributed by atoms with E-state index < -0.39 is 0 Å². The van der Waals surface area contributed by atoms with Gasteiger partial charge in [-0.3, -0.25) is 0 Å². The number of halogens is 1. The lowest BCUT2D eigenvalue weighted by Gasteiger charge is -2.03. The number of fused-ring (bicyclic) bond motifs is 3. The first kappa shape index (κ1) is 14.4. The second-order valence-electron chi connectivity index (χ2n) is 5.28. The maximum absolute atomic E-state index is 5.98. The second kappa shape index (κ2) is 5.80. The molecule has 114 valence electrons. The summed E-state index contributed by atoms with van der Waals surface area (Å²) in [4.78, 5) is 10.4. The summed E-state index contributed by atoms with van der Waals surface area (Å²) < 4.78 is 5.28. The van der Waals surface area contributed by atoms with E-state index in [0.29, 0.717) is 5.02 Å². The highest BCUT2D eigenvalue weighted by Gasteiger charge is 2.23. The van der Waals surface area contributed by atoms with E-state index in [4.69, 9.17) is 16.3 Å². The Morgan fingerprint density at radius 2 is 2.17 bits per heavy atom. The van der Waals surface area contributed by atoms with Crippen LogP contribution >= 0.6 is 22.9 Å². The van der Waals surface area contributed by atoms with Crippen LogP contribution in [0, 0.1) is 0 Å². The number of methoxy groups -OCH3 is 1. The number of aromatic nitrogens is 1. The fraction of sp³-hybridized carbons (Fsp3) is 0.111. The molecule has 0 saturated carbocycles. The standard InChI is InChI=1S/C18H13ClN2OS/c1-22-14-5-6-15-12(8-14)9-16-17(15)21-18(23-16)20-10-11-3-2-4-13(19)7-11/h2-8,10H,9H2,1H3/b20-10-. The van der Waals surface area contributed by atoms with Gasteiger partial charge in [0.05, 0.1) is 12.8 Å². The minimum absolute atomic E-state index is 0.707. The molecule has 1 heterocycles. The van der Waals surface area contributed by atoms with Gasteiger partial charge >= 0.3 is 0 Å². The van der Waals surface area contributed by atoms with Crippen molar-refractivity contribution in [2.75, 3.05) is 7.11 Å². The van der Waals surface area contributed by atoms with Crippen LogP contribution in [-0.2, 0) is 6.42 Å². The number of hydrogen-bond acceptors (Lipinski definition) is 4. The fourth-order valence-corrected chi connectivity index (χ4v) is 3.83. The summed E-state index contributed by atoms with van der Waals surface area (Å²) in [6.45, 7) is 0. The van der Waals surface area contributed by atoms with Gasteiger partial charge in [0, 0.05) is 28.1 Å². The van der Waals surface area contributed by atoms with E-state index in [2.05, 4.69) is 22.1 Å². The Morgan fingerprint density at radius 3 is 3.00 bits per heavy atom. The Bertz CT molecular complexity index is 917. The van der Waals surface area contributed by atoms with Crippen molar-refractivity contribution in [3.8, 4) is 17.0 Å². The van der Waals surface area contributed by atoms with Gasteiger partial charge in [0.1, 0.15) is 5.75 Å². The Morgan fingerprint density at radius 1 is 1.26 bits per heavy atom.